The summed E-state index contributed by atoms with van der Waals surface area (Å²) in [4.78, 5) is 34.9. The Labute approximate surface area is 152 Å². The molecule has 0 atom stereocenters. The van der Waals surface area contributed by atoms with Crippen LogP contribution in [0, 0.1) is 0 Å². The lowest BCUT2D eigenvalue weighted by molar-refractivity contribution is -0.183. The molecule has 1 aliphatic heterocycles. The van der Waals surface area contributed by atoms with Gasteiger partial charge in [-0.15, -0.1) is 0 Å². The SMILES string of the molecule is O=C(NCCC1=C(C(=O)OCC(F)(F)F)C(=O)CO1)OCc1ccccc1. The molecule has 0 aromatic heterocycles. The average molecular weight is 387 g/mol. The third-order valence-electron chi connectivity index (χ3n) is 3.34. The predicted octanol–water partition coefficient (Wildman–Crippen LogP) is 2.26. The van der Waals surface area contributed by atoms with Gasteiger partial charge in [0.15, 0.2) is 13.2 Å². The quantitative estimate of drug-likeness (QED) is 0.570. The maximum atomic E-state index is 12.1. The highest BCUT2D eigenvalue weighted by atomic mass is 19.4. The Bertz CT molecular complexity index is 730. The Morgan fingerprint density at radius 1 is 1.15 bits per heavy atom. The second-order valence-corrected chi connectivity index (χ2v) is 5.44. The van der Waals surface area contributed by atoms with Gasteiger partial charge in [-0.3, -0.25) is 4.79 Å². The number of carbonyl (C=O) groups excluding carboxylic acids is 3. The summed E-state index contributed by atoms with van der Waals surface area (Å²) in [6.07, 6.45) is -5.52. The van der Waals surface area contributed by atoms with Crippen LogP contribution in [0.25, 0.3) is 0 Å². The summed E-state index contributed by atoms with van der Waals surface area (Å²) in [5, 5.41) is 2.39. The van der Waals surface area contributed by atoms with E-state index in [1.165, 1.54) is 0 Å². The van der Waals surface area contributed by atoms with Gasteiger partial charge in [0.05, 0.1) is 0 Å². The van der Waals surface area contributed by atoms with Crippen molar-refractivity contribution in [2.45, 2.75) is 19.2 Å². The number of alkyl carbamates (subject to hydrolysis) is 1. The van der Waals surface area contributed by atoms with E-state index in [0.717, 1.165) is 5.56 Å². The third-order valence-corrected chi connectivity index (χ3v) is 3.34. The molecule has 0 radical (unpaired) electrons. The van der Waals surface area contributed by atoms with E-state index < -0.39 is 42.8 Å². The van der Waals surface area contributed by atoms with Crippen molar-refractivity contribution in [2.75, 3.05) is 19.8 Å². The van der Waals surface area contributed by atoms with Crippen molar-refractivity contribution in [1.29, 1.82) is 0 Å². The molecule has 1 amide bonds. The van der Waals surface area contributed by atoms with Gasteiger partial charge in [0.25, 0.3) is 0 Å². The number of carbonyl (C=O) groups is 3. The molecule has 0 spiro atoms. The molecular formula is C17H16F3NO6. The smallest absolute Gasteiger partial charge is 0.422 e. The first kappa shape index (κ1) is 20.3. The Morgan fingerprint density at radius 2 is 1.85 bits per heavy atom. The normalized spacial score (nSPS) is 14.0. The summed E-state index contributed by atoms with van der Waals surface area (Å²) in [6.45, 7) is -2.27. The van der Waals surface area contributed by atoms with E-state index in [9.17, 15) is 27.6 Å². The molecule has 2 rings (SSSR count). The Hall–Kier alpha value is -3.04. The number of esters is 1. The minimum atomic E-state index is -4.71. The maximum Gasteiger partial charge on any atom is 0.422 e. The third kappa shape index (κ3) is 6.65. The zero-order valence-corrected chi connectivity index (χ0v) is 14.0. The molecule has 10 heteroatoms. The summed E-state index contributed by atoms with van der Waals surface area (Å²) < 4.78 is 50.4. The van der Waals surface area contributed by atoms with E-state index >= 15 is 0 Å². The standard InChI is InChI=1S/C17H16F3NO6/c18-17(19,20)10-27-15(23)14-12(22)9-25-13(14)6-7-21-16(24)26-8-11-4-2-1-3-5-11/h1-5H,6-10H2,(H,21,24). The van der Waals surface area contributed by atoms with Crippen LogP contribution in [0.5, 0.6) is 0 Å². The lowest BCUT2D eigenvalue weighted by atomic mass is 10.1. The molecule has 0 saturated heterocycles. The molecule has 146 valence electrons. The fraction of sp³-hybridized carbons (Fsp3) is 0.353. The van der Waals surface area contributed by atoms with Gasteiger partial charge in [0.1, 0.15) is 17.9 Å². The van der Waals surface area contributed by atoms with Crippen LogP contribution in [0.1, 0.15) is 12.0 Å². The molecule has 1 heterocycles. The Kier molecular flexibility index (Phi) is 6.80. The number of Topliss-reactive ketones (excluding diaryl/α,β-unsaturated/α-hetero) is 1. The van der Waals surface area contributed by atoms with E-state index in [-0.39, 0.29) is 25.3 Å². The number of rotatable bonds is 7. The molecular weight excluding hydrogens is 371 g/mol. The minimum Gasteiger partial charge on any atom is -0.489 e. The number of benzene rings is 1. The van der Waals surface area contributed by atoms with Crippen molar-refractivity contribution in [2.24, 2.45) is 0 Å². The first-order valence-electron chi connectivity index (χ1n) is 7.84. The summed E-state index contributed by atoms with van der Waals surface area (Å²) in [5.41, 5.74) is 0.216. The largest absolute Gasteiger partial charge is 0.489 e. The van der Waals surface area contributed by atoms with Crippen molar-refractivity contribution in [3.05, 3.63) is 47.2 Å². The molecule has 27 heavy (non-hydrogen) atoms. The Morgan fingerprint density at radius 3 is 2.52 bits per heavy atom. The fourth-order valence-corrected chi connectivity index (χ4v) is 2.15. The van der Waals surface area contributed by atoms with Gasteiger partial charge in [0.2, 0.25) is 5.78 Å². The van der Waals surface area contributed by atoms with Crippen LogP contribution in [0.3, 0.4) is 0 Å². The number of halogens is 3. The molecule has 0 unspecified atom stereocenters. The van der Waals surface area contributed by atoms with Crippen LogP contribution in [-0.4, -0.2) is 43.8 Å². The van der Waals surface area contributed by atoms with Crippen LogP contribution in [0.2, 0.25) is 0 Å². The summed E-state index contributed by atoms with van der Waals surface area (Å²) in [7, 11) is 0. The summed E-state index contributed by atoms with van der Waals surface area (Å²) in [5.74, 6) is -2.31. The van der Waals surface area contributed by atoms with Crippen LogP contribution in [-0.2, 0) is 30.4 Å². The number of nitrogens with one attached hydrogen (secondary N) is 1. The van der Waals surface area contributed by atoms with Crippen molar-refractivity contribution < 1.29 is 41.8 Å². The van der Waals surface area contributed by atoms with Gasteiger partial charge in [-0.1, -0.05) is 30.3 Å². The number of hydrogen-bond acceptors (Lipinski definition) is 6. The zero-order chi connectivity index (χ0) is 19.9. The highest BCUT2D eigenvalue weighted by Gasteiger charge is 2.35. The monoisotopic (exact) mass is 387 g/mol. The van der Waals surface area contributed by atoms with E-state index in [1.807, 2.05) is 6.07 Å². The van der Waals surface area contributed by atoms with E-state index in [4.69, 9.17) is 9.47 Å². The number of alkyl halides is 3. The highest BCUT2D eigenvalue weighted by Crippen LogP contribution is 2.22. The first-order chi connectivity index (χ1) is 12.8. The van der Waals surface area contributed by atoms with Gasteiger partial charge < -0.3 is 19.5 Å². The van der Waals surface area contributed by atoms with Gasteiger partial charge in [-0.25, -0.2) is 9.59 Å². The molecule has 0 bridgehead atoms. The number of hydrogen-bond donors (Lipinski definition) is 1. The first-order valence-corrected chi connectivity index (χ1v) is 7.84. The van der Waals surface area contributed by atoms with E-state index in [1.54, 1.807) is 24.3 Å². The van der Waals surface area contributed by atoms with Crippen molar-refractivity contribution >= 4 is 17.8 Å². The molecule has 1 aromatic rings. The average Bonchev–Trinajstić information content (AvgIpc) is 2.99. The minimum absolute atomic E-state index is 0.0493. The van der Waals surface area contributed by atoms with Gasteiger partial charge in [-0.05, 0) is 5.56 Å². The number of ketones is 1. The number of ether oxygens (including phenoxy) is 3. The summed E-state index contributed by atoms with van der Waals surface area (Å²) in [6, 6.07) is 8.94. The molecule has 1 N–H and O–H groups in total. The van der Waals surface area contributed by atoms with Crippen LogP contribution in [0.4, 0.5) is 18.0 Å². The molecule has 7 nitrogen and oxygen atoms in total. The van der Waals surface area contributed by atoms with E-state index in [0.29, 0.717) is 0 Å². The molecule has 0 saturated carbocycles. The fourth-order valence-electron chi connectivity index (χ4n) is 2.15. The van der Waals surface area contributed by atoms with Gasteiger partial charge in [0, 0.05) is 13.0 Å². The van der Waals surface area contributed by atoms with Crippen LogP contribution in [0.15, 0.2) is 41.7 Å². The van der Waals surface area contributed by atoms with Crippen molar-refractivity contribution in [3.63, 3.8) is 0 Å². The molecule has 0 fully saturated rings. The van der Waals surface area contributed by atoms with Crippen molar-refractivity contribution in [3.8, 4) is 0 Å². The van der Waals surface area contributed by atoms with Crippen LogP contribution >= 0.6 is 0 Å². The van der Waals surface area contributed by atoms with E-state index in [2.05, 4.69) is 10.1 Å². The second-order valence-electron chi connectivity index (χ2n) is 5.44. The number of amides is 1. The maximum absolute atomic E-state index is 12.1. The lowest BCUT2D eigenvalue weighted by Crippen LogP contribution is -2.26. The van der Waals surface area contributed by atoms with Gasteiger partial charge >= 0.3 is 18.2 Å². The van der Waals surface area contributed by atoms with Gasteiger partial charge in [-0.2, -0.15) is 13.2 Å². The zero-order valence-electron chi connectivity index (χ0n) is 14.0. The van der Waals surface area contributed by atoms with Crippen molar-refractivity contribution in [1.82, 2.24) is 5.32 Å². The van der Waals surface area contributed by atoms with Crippen LogP contribution < -0.4 is 5.32 Å². The Balaban J connectivity index is 1.81. The predicted molar refractivity (Wildman–Crippen MR) is 84.2 cm³/mol. The summed E-state index contributed by atoms with van der Waals surface area (Å²) >= 11 is 0. The molecule has 0 aliphatic carbocycles. The topological polar surface area (TPSA) is 90.9 Å². The molecule has 1 aromatic carbocycles. The second kappa shape index (κ2) is 9.06. The molecule has 1 aliphatic rings. The lowest BCUT2D eigenvalue weighted by Gasteiger charge is -2.09. The highest BCUT2D eigenvalue weighted by molar-refractivity contribution is 6.19.